The Morgan fingerprint density at radius 3 is 2.68 bits per heavy atom. The van der Waals surface area contributed by atoms with Crippen molar-refractivity contribution in [3.05, 3.63) is 23.9 Å². The van der Waals surface area contributed by atoms with Gasteiger partial charge < -0.3 is 20.7 Å². The number of piperidine rings is 1. The standard InChI is InChI=1S/C19H28N4O3.2ClH/c1-14-4-2-6-16(21-14)22-17(24)15-5-3-9-23(12-15)18(25)19(13-20)7-10-26-11-8-19;;/h2,4,6,15H,3,5,7-13,20H2,1H3,(H,21,22,24);2*1H. The summed E-state index contributed by atoms with van der Waals surface area (Å²) in [5, 5.41) is 2.88. The second-order valence-electron chi connectivity index (χ2n) is 7.34. The summed E-state index contributed by atoms with van der Waals surface area (Å²) in [5.41, 5.74) is 6.29. The normalized spacial score (nSPS) is 21.1. The van der Waals surface area contributed by atoms with E-state index in [4.69, 9.17) is 10.5 Å². The van der Waals surface area contributed by atoms with Crippen molar-refractivity contribution in [1.29, 1.82) is 0 Å². The van der Waals surface area contributed by atoms with E-state index in [-0.39, 0.29) is 42.5 Å². The van der Waals surface area contributed by atoms with Crippen LogP contribution in [0.4, 0.5) is 5.82 Å². The first-order valence-corrected chi connectivity index (χ1v) is 9.36. The van der Waals surface area contributed by atoms with Crippen molar-refractivity contribution in [2.24, 2.45) is 17.1 Å². The maximum absolute atomic E-state index is 13.1. The third kappa shape index (κ3) is 5.56. The Morgan fingerprint density at radius 2 is 2.04 bits per heavy atom. The van der Waals surface area contributed by atoms with Gasteiger partial charge >= 0.3 is 0 Å². The van der Waals surface area contributed by atoms with Gasteiger partial charge in [-0.05, 0) is 44.7 Å². The zero-order valence-corrected chi connectivity index (χ0v) is 17.8. The van der Waals surface area contributed by atoms with Gasteiger partial charge in [-0.1, -0.05) is 6.07 Å². The number of nitrogens with zero attached hydrogens (tertiary/aromatic N) is 2. The molecule has 9 heteroatoms. The number of rotatable bonds is 4. The fourth-order valence-electron chi connectivity index (χ4n) is 3.82. The van der Waals surface area contributed by atoms with Gasteiger partial charge in [0.05, 0.1) is 11.3 Å². The number of aryl methyl sites for hydroxylation is 1. The molecule has 7 nitrogen and oxygen atoms in total. The molecule has 2 aliphatic heterocycles. The van der Waals surface area contributed by atoms with Crippen LogP contribution >= 0.6 is 24.8 Å². The summed E-state index contributed by atoms with van der Waals surface area (Å²) in [6.45, 7) is 4.49. The fraction of sp³-hybridized carbons (Fsp3) is 0.632. The van der Waals surface area contributed by atoms with Crippen LogP contribution in [0.25, 0.3) is 0 Å². The van der Waals surface area contributed by atoms with Crippen molar-refractivity contribution in [1.82, 2.24) is 9.88 Å². The molecule has 3 N–H and O–H groups in total. The molecule has 2 fully saturated rings. The number of carbonyl (C=O) groups is 2. The number of hydrogen-bond acceptors (Lipinski definition) is 5. The molecule has 1 unspecified atom stereocenters. The van der Waals surface area contributed by atoms with E-state index in [0.29, 0.717) is 51.5 Å². The Bertz CT molecular complexity index is 668. The summed E-state index contributed by atoms with van der Waals surface area (Å²) in [7, 11) is 0. The van der Waals surface area contributed by atoms with Gasteiger partial charge in [-0.3, -0.25) is 9.59 Å². The molecule has 2 aliphatic rings. The van der Waals surface area contributed by atoms with Crippen LogP contribution in [0.1, 0.15) is 31.4 Å². The molecule has 3 rings (SSSR count). The summed E-state index contributed by atoms with van der Waals surface area (Å²) < 4.78 is 5.40. The van der Waals surface area contributed by atoms with E-state index < -0.39 is 5.41 Å². The Morgan fingerprint density at radius 1 is 1.32 bits per heavy atom. The second-order valence-corrected chi connectivity index (χ2v) is 7.34. The van der Waals surface area contributed by atoms with E-state index >= 15 is 0 Å². The van der Waals surface area contributed by atoms with Crippen LogP contribution in [0.3, 0.4) is 0 Å². The number of aromatic nitrogens is 1. The highest BCUT2D eigenvalue weighted by molar-refractivity contribution is 5.92. The van der Waals surface area contributed by atoms with E-state index in [0.717, 1.165) is 18.5 Å². The molecular weight excluding hydrogens is 403 g/mol. The van der Waals surface area contributed by atoms with Crippen LogP contribution in [0, 0.1) is 18.3 Å². The van der Waals surface area contributed by atoms with Gasteiger partial charge in [-0.2, -0.15) is 0 Å². The average Bonchev–Trinajstić information content (AvgIpc) is 2.68. The van der Waals surface area contributed by atoms with Gasteiger partial charge in [0.2, 0.25) is 11.8 Å². The number of anilines is 1. The molecule has 0 aromatic carbocycles. The molecule has 0 radical (unpaired) electrons. The van der Waals surface area contributed by atoms with Crippen molar-refractivity contribution < 1.29 is 14.3 Å². The minimum atomic E-state index is -0.533. The molecule has 2 saturated heterocycles. The minimum Gasteiger partial charge on any atom is -0.381 e. The zero-order chi connectivity index (χ0) is 18.6. The number of nitrogens with two attached hydrogens (primary N) is 1. The van der Waals surface area contributed by atoms with Crippen molar-refractivity contribution in [3.63, 3.8) is 0 Å². The zero-order valence-electron chi connectivity index (χ0n) is 16.2. The van der Waals surface area contributed by atoms with E-state index in [9.17, 15) is 9.59 Å². The van der Waals surface area contributed by atoms with E-state index in [1.54, 1.807) is 6.07 Å². The highest BCUT2D eigenvalue weighted by Gasteiger charge is 2.43. The molecule has 0 spiro atoms. The van der Waals surface area contributed by atoms with Gasteiger partial charge in [0.25, 0.3) is 0 Å². The molecule has 28 heavy (non-hydrogen) atoms. The molecule has 0 saturated carbocycles. The smallest absolute Gasteiger partial charge is 0.230 e. The minimum absolute atomic E-state index is 0. The second kappa shape index (κ2) is 11.0. The first-order valence-electron chi connectivity index (χ1n) is 9.36. The van der Waals surface area contributed by atoms with Crippen LogP contribution in [-0.2, 0) is 14.3 Å². The molecule has 0 bridgehead atoms. The number of carbonyl (C=O) groups excluding carboxylic acids is 2. The maximum Gasteiger partial charge on any atom is 0.230 e. The molecule has 158 valence electrons. The molecule has 1 atom stereocenters. The lowest BCUT2D eigenvalue weighted by molar-refractivity contribution is -0.149. The number of halogens is 2. The maximum atomic E-state index is 13.1. The van der Waals surface area contributed by atoms with Crippen molar-refractivity contribution in [3.8, 4) is 0 Å². The highest BCUT2D eigenvalue weighted by Crippen LogP contribution is 2.33. The van der Waals surface area contributed by atoms with Gasteiger partial charge in [0.1, 0.15) is 5.82 Å². The molecule has 2 amide bonds. The topological polar surface area (TPSA) is 97.6 Å². The summed E-state index contributed by atoms with van der Waals surface area (Å²) in [6.07, 6.45) is 2.91. The van der Waals surface area contributed by atoms with Crippen LogP contribution in [0.2, 0.25) is 0 Å². The largest absolute Gasteiger partial charge is 0.381 e. The van der Waals surface area contributed by atoms with Crippen LogP contribution in [-0.4, -0.2) is 54.5 Å². The average molecular weight is 433 g/mol. The number of nitrogens with one attached hydrogen (secondary N) is 1. The Hall–Kier alpha value is -1.41. The number of hydrogen-bond donors (Lipinski definition) is 2. The first-order chi connectivity index (χ1) is 12.5. The van der Waals surface area contributed by atoms with Gasteiger partial charge in [-0.15, -0.1) is 24.8 Å². The predicted octanol–water partition coefficient (Wildman–Crippen LogP) is 2.17. The Kier molecular flexibility index (Phi) is 9.63. The van der Waals surface area contributed by atoms with Gasteiger partial charge in [0, 0.05) is 38.5 Å². The molecule has 0 aliphatic carbocycles. The van der Waals surface area contributed by atoms with Crippen LogP contribution in [0.5, 0.6) is 0 Å². The Labute approximate surface area is 178 Å². The molecule has 1 aromatic heterocycles. The van der Waals surface area contributed by atoms with E-state index in [2.05, 4.69) is 10.3 Å². The molecule has 1 aromatic rings. The lowest BCUT2D eigenvalue weighted by Gasteiger charge is -2.41. The monoisotopic (exact) mass is 432 g/mol. The first kappa shape index (κ1) is 24.6. The number of likely N-dealkylation sites (tertiary alicyclic amines) is 1. The third-order valence-electron chi connectivity index (χ3n) is 5.51. The molecular formula is C19H30Cl2N4O3. The summed E-state index contributed by atoms with van der Waals surface area (Å²) in [6, 6.07) is 5.53. The fourth-order valence-corrected chi connectivity index (χ4v) is 3.82. The summed E-state index contributed by atoms with van der Waals surface area (Å²) >= 11 is 0. The summed E-state index contributed by atoms with van der Waals surface area (Å²) in [4.78, 5) is 31.9. The van der Waals surface area contributed by atoms with Crippen LogP contribution < -0.4 is 11.1 Å². The van der Waals surface area contributed by atoms with Crippen molar-refractivity contribution in [2.75, 3.05) is 38.2 Å². The number of pyridine rings is 1. The van der Waals surface area contributed by atoms with E-state index in [1.807, 2.05) is 24.0 Å². The van der Waals surface area contributed by atoms with Crippen LogP contribution in [0.15, 0.2) is 18.2 Å². The van der Waals surface area contributed by atoms with Crippen molar-refractivity contribution in [2.45, 2.75) is 32.6 Å². The van der Waals surface area contributed by atoms with Crippen molar-refractivity contribution >= 4 is 42.4 Å². The van der Waals surface area contributed by atoms with Gasteiger partial charge in [0.15, 0.2) is 0 Å². The number of ether oxygens (including phenoxy) is 1. The lowest BCUT2D eigenvalue weighted by Crippen LogP contribution is -2.54. The SMILES string of the molecule is Cc1cccc(NC(=O)C2CCCN(C(=O)C3(CN)CCOCC3)C2)n1.Cl.Cl. The Balaban J connectivity index is 0.00000196. The summed E-state index contributed by atoms with van der Waals surface area (Å²) in [5.74, 6) is 0.342. The highest BCUT2D eigenvalue weighted by atomic mass is 35.5. The predicted molar refractivity (Wildman–Crippen MR) is 113 cm³/mol. The lowest BCUT2D eigenvalue weighted by atomic mass is 9.78. The van der Waals surface area contributed by atoms with E-state index in [1.165, 1.54) is 0 Å². The molecule has 3 heterocycles. The number of amides is 2. The van der Waals surface area contributed by atoms with Gasteiger partial charge in [-0.25, -0.2) is 4.98 Å². The third-order valence-corrected chi connectivity index (χ3v) is 5.51. The quantitative estimate of drug-likeness (QED) is 0.759.